The van der Waals surface area contributed by atoms with Crippen molar-refractivity contribution in [3.05, 3.63) is 0 Å². The van der Waals surface area contributed by atoms with E-state index in [-0.39, 0.29) is 12.0 Å². The first-order chi connectivity index (χ1) is 8.71. The minimum absolute atomic E-state index is 0.154. The van der Waals surface area contributed by atoms with Gasteiger partial charge in [0.15, 0.2) is 0 Å². The lowest BCUT2D eigenvalue weighted by molar-refractivity contribution is -0.143. The summed E-state index contributed by atoms with van der Waals surface area (Å²) in [4.78, 5) is 13.9. The van der Waals surface area contributed by atoms with E-state index in [1.165, 1.54) is 45.9 Å². The number of likely N-dealkylation sites (N-methyl/N-ethyl adjacent to an activating group) is 1. The van der Waals surface area contributed by atoms with Crippen molar-refractivity contribution < 1.29 is 9.53 Å². The van der Waals surface area contributed by atoms with E-state index in [0.717, 1.165) is 18.9 Å². The van der Waals surface area contributed by atoms with Gasteiger partial charge in [-0.05, 0) is 45.3 Å². The fourth-order valence-electron chi connectivity index (χ4n) is 2.74. The predicted octanol–water partition coefficient (Wildman–Crippen LogP) is 1.65. The van der Waals surface area contributed by atoms with E-state index in [0.29, 0.717) is 0 Å². The molecule has 0 radical (unpaired) electrons. The number of piperidine rings is 1. The summed E-state index contributed by atoms with van der Waals surface area (Å²) in [6, 6.07) is -0.164. The van der Waals surface area contributed by atoms with Crippen molar-refractivity contribution in [3.8, 4) is 0 Å². The Bertz CT molecular complexity index is 238. The molecule has 1 aliphatic rings. The molecule has 0 aliphatic carbocycles. The van der Waals surface area contributed by atoms with Gasteiger partial charge in [0.2, 0.25) is 0 Å². The number of likely N-dealkylation sites (tertiary alicyclic amines) is 1. The Morgan fingerprint density at radius 3 is 2.61 bits per heavy atom. The zero-order valence-electron chi connectivity index (χ0n) is 12.1. The molecular weight excluding hydrogens is 228 g/mol. The largest absolute Gasteiger partial charge is 0.468 e. The van der Waals surface area contributed by atoms with Crippen LogP contribution in [0.25, 0.3) is 0 Å². The summed E-state index contributed by atoms with van der Waals surface area (Å²) >= 11 is 0. The monoisotopic (exact) mass is 256 g/mol. The highest BCUT2D eigenvalue weighted by atomic mass is 16.5. The quantitative estimate of drug-likeness (QED) is 0.703. The van der Waals surface area contributed by atoms with Crippen molar-refractivity contribution >= 4 is 5.97 Å². The molecule has 0 bridgehead atoms. The van der Waals surface area contributed by atoms with Gasteiger partial charge in [-0.3, -0.25) is 4.79 Å². The average molecular weight is 256 g/mol. The third-order valence-electron chi connectivity index (χ3n) is 3.97. The number of methoxy groups -OCH3 is 1. The normalized spacial score (nSPS) is 19.7. The molecule has 1 unspecified atom stereocenters. The average Bonchev–Trinajstić information content (AvgIpc) is 2.41. The molecule has 1 aliphatic heterocycles. The number of nitrogens with one attached hydrogen (secondary N) is 1. The third kappa shape index (κ3) is 4.94. The molecule has 1 rings (SSSR count). The Kier molecular flexibility index (Phi) is 7.28. The molecule has 0 spiro atoms. The van der Waals surface area contributed by atoms with Gasteiger partial charge in [0.05, 0.1) is 7.11 Å². The van der Waals surface area contributed by atoms with Gasteiger partial charge >= 0.3 is 5.97 Å². The van der Waals surface area contributed by atoms with Crippen LogP contribution in [0.2, 0.25) is 0 Å². The molecule has 1 heterocycles. The summed E-state index contributed by atoms with van der Waals surface area (Å²) in [7, 11) is 3.26. The second-order valence-electron chi connectivity index (χ2n) is 5.23. The van der Waals surface area contributed by atoms with Crippen LogP contribution >= 0.6 is 0 Å². The van der Waals surface area contributed by atoms with Crippen LogP contribution in [0.4, 0.5) is 0 Å². The highest BCUT2D eigenvalue weighted by molar-refractivity contribution is 5.75. The van der Waals surface area contributed by atoms with E-state index in [2.05, 4.69) is 17.1 Å². The lowest BCUT2D eigenvalue weighted by Crippen LogP contribution is -2.41. The molecule has 1 atom stereocenters. The summed E-state index contributed by atoms with van der Waals surface area (Å²) < 4.78 is 4.77. The molecule has 106 valence electrons. The van der Waals surface area contributed by atoms with Crippen LogP contribution in [0.1, 0.15) is 39.0 Å². The number of esters is 1. The number of rotatable bonds is 7. The highest BCUT2D eigenvalue weighted by Gasteiger charge is 2.21. The molecule has 0 aromatic carbocycles. The fraction of sp³-hybridized carbons (Fsp3) is 0.929. The summed E-state index contributed by atoms with van der Waals surface area (Å²) in [6.45, 7) is 5.62. The maximum atomic E-state index is 11.4. The lowest BCUT2D eigenvalue weighted by Gasteiger charge is -2.32. The molecule has 4 nitrogen and oxygen atoms in total. The maximum Gasteiger partial charge on any atom is 0.322 e. The Morgan fingerprint density at radius 2 is 2.11 bits per heavy atom. The Hall–Kier alpha value is -0.610. The summed E-state index contributed by atoms with van der Waals surface area (Å²) in [5.74, 6) is 0.769. The first-order valence-electron chi connectivity index (χ1n) is 7.18. The molecule has 0 amide bonds. The van der Waals surface area contributed by atoms with Crippen molar-refractivity contribution in [2.45, 2.75) is 45.1 Å². The van der Waals surface area contributed by atoms with E-state index in [1.807, 2.05) is 7.05 Å². The van der Waals surface area contributed by atoms with Crippen LogP contribution in [0, 0.1) is 5.92 Å². The Labute approximate surface area is 111 Å². The fourth-order valence-corrected chi connectivity index (χ4v) is 2.74. The summed E-state index contributed by atoms with van der Waals surface area (Å²) in [5, 5.41) is 3.02. The molecule has 0 aromatic heterocycles. The van der Waals surface area contributed by atoms with Gasteiger partial charge < -0.3 is 15.0 Å². The molecule has 1 fully saturated rings. The van der Waals surface area contributed by atoms with Crippen LogP contribution < -0.4 is 5.32 Å². The van der Waals surface area contributed by atoms with E-state index >= 15 is 0 Å². The number of hydrogen-bond donors (Lipinski definition) is 1. The van der Waals surface area contributed by atoms with E-state index in [9.17, 15) is 4.79 Å². The topological polar surface area (TPSA) is 41.6 Å². The van der Waals surface area contributed by atoms with Gasteiger partial charge in [-0.2, -0.15) is 0 Å². The van der Waals surface area contributed by atoms with E-state index < -0.39 is 0 Å². The van der Waals surface area contributed by atoms with Gasteiger partial charge in [-0.1, -0.05) is 19.8 Å². The smallest absolute Gasteiger partial charge is 0.322 e. The first kappa shape index (κ1) is 15.4. The molecule has 1 N–H and O–H groups in total. The predicted molar refractivity (Wildman–Crippen MR) is 73.6 cm³/mol. The van der Waals surface area contributed by atoms with Crippen molar-refractivity contribution in [2.75, 3.05) is 33.8 Å². The number of hydrogen-bond acceptors (Lipinski definition) is 4. The minimum Gasteiger partial charge on any atom is -0.468 e. The Balaban J connectivity index is 2.22. The molecule has 0 saturated carbocycles. The van der Waals surface area contributed by atoms with Crippen molar-refractivity contribution in [1.82, 2.24) is 10.2 Å². The van der Waals surface area contributed by atoms with Crippen LogP contribution in [0.3, 0.4) is 0 Å². The highest BCUT2D eigenvalue weighted by Crippen LogP contribution is 2.21. The van der Waals surface area contributed by atoms with Gasteiger partial charge in [0, 0.05) is 6.54 Å². The molecule has 18 heavy (non-hydrogen) atoms. The van der Waals surface area contributed by atoms with Gasteiger partial charge in [-0.15, -0.1) is 0 Å². The molecular formula is C14H28N2O2. The van der Waals surface area contributed by atoms with E-state index in [4.69, 9.17) is 4.74 Å². The number of carbonyl (C=O) groups is 1. The number of carbonyl (C=O) groups excluding carboxylic acids is 1. The van der Waals surface area contributed by atoms with Crippen molar-refractivity contribution in [2.24, 2.45) is 5.92 Å². The van der Waals surface area contributed by atoms with E-state index in [1.54, 1.807) is 0 Å². The molecule has 0 aromatic rings. The van der Waals surface area contributed by atoms with Crippen LogP contribution in [-0.4, -0.2) is 50.7 Å². The second kappa shape index (κ2) is 8.48. The van der Waals surface area contributed by atoms with Crippen molar-refractivity contribution in [3.63, 3.8) is 0 Å². The molecule has 4 heteroatoms. The Morgan fingerprint density at radius 1 is 1.44 bits per heavy atom. The van der Waals surface area contributed by atoms with Crippen LogP contribution in [-0.2, 0) is 9.53 Å². The van der Waals surface area contributed by atoms with Crippen LogP contribution in [0.15, 0.2) is 0 Å². The molecule has 1 saturated heterocycles. The van der Waals surface area contributed by atoms with Gasteiger partial charge in [0.25, 0.3) is 0 Å². The summed E-state index contributed by atoms with van der Waals surface area (Å²) in [5.41, 5.74) is 0. The van der Waals surface area contributed by atoms with Gasteiger partial charge in [0.1, 0.15) is 6.04 Å². The standard InChI is InChI=1S/C14H28N2O2/c1-4-5-12-6-9-16(10-7-12)11-8-13(15-2)14(17)18-3/h12-13,15H,4-11H2,1-3H3. The first-order valence-corrected chi connectivity index (χ1v) is 7.18. The lowest BCUT2D eigenvalue weighted by atomic mass is 9.92. The third-order valence-corrected chi connectivity index (χ3v) is 3.97. The number of ether oxygens (including phenoxy) is 1. The zero-order valence-corrected chi connectivity index (χ0v) is 12.1. The van der Waals surface area contributed by atoms with Crippen molar-refractivity contribution in [1.29, 1.82) is 0 Å². The summed E-state index contributed by atoms with van der Waals surface area (Å²) in [6.07, 6.45) is 6.14. The zero-order chi connectivity index (χ0) is 13.4. The van der Waals surface area contributed by atoms with Crippen LogP contribution in [0.5, 0.6) is 0 Å². The SMILES string of the molecule is CCCC1CCN(CCC(NC)C(=O)OC)CC1. The maximum absolute atomic E-state index is 11.4. The van der Waals surface area contributed by atoms with Gasteiger partial charge in [-0.25, -0.2) is 0 Å². The number of nitrogens with zero attached hydrogens (tertiary/aromatic N) is 1. The minimum atomic E-state index is -0.164. The second-order valence-corrected chi connectivity index (χ2v) is 5.23.